The molecule has 0 amide bonds. The summed E-state index contributed by atoms with van der Waals surface area (Å²) in [6, 6.07) is 3.48. The highest BCUT2D eigenvalue weighted by atomic mass is 35.5. The predicted octanol–water partition coefficient (Wildman–Crippen LogP) is -0.317. The predicted molar refractivity (Wildman–Crippen MR) is 41.7 cm³/mol. The van der Waals surface area contributed by atoms with E-state index in [0.29, 0.717) is 0 Å². The lowest BCUT2D eigenvalue weighted by atomic mass is 10.3. The van der Waals surface area contributed by atoms with Crippen molar-refractivity contribution in [3.05, 3.63) is 29.5 Å². The lowest BCUT2D eigenvalue weighted by molar-refractivity contribution is 0.278. The number of hydrogen-bond donors (Lipinski definition) is 3. The minimum atomic E-state index is -2.17. The molecule has 0 bridgehead atoms. The average molecular weight is 175 g/mol. The highest BCUT2D eigenvalue weighted by Crippen LogP contribution is 2.01. The first-order chi connectivity index (χ1) is 5.13. The third-order valence-corrected chi connectivity index (χ3v) is 0.892. The molecule has 0 saturated carbocycles. The van der Waals surface area contributed by atoms with Gasteiger partial charge in [0.15, 0.2) is 0 Å². The Morgan fingerprint density at radius 1 is 1.18 bits per heavy atom. The molecule has 0 aliphatic carbocycles. The zero-order valence-corrected chi connectivity index (χ0v) is 6.31. The van der Waals surface area contributed by atoms with Crippen LogP contribution in [0.3, 0.4) is 0 Å². The van der Waals surface area contributed by atoms with Gasteiger partial charge in [-0.15, -0.1) is 0 Å². The van der Waals surface area contributed by atoms with E-state index in [2.05, 4.69) is 4.98 Å². The van der Waals surface area contributed by atoms with Crippen molar-refractivity contribution in [2.24, 2.45) is 0 Å². The molecular formula is C5H7BClNO3. The Kier molecular flexibility index (Phi) is 5.78. The Hall–Kier alpha value is -0.615. The average Bonchev–Trinajstić information content (AvgIpc) is 1.87. The fraction of sp³-hybridized carbons (Fsp3) is 0. The van der Waals surface area contributed by atoms with Crippen molar-refractivity contribution in [3.63, 3.8) is 0 Å². The van der Waals surface area contributed by atoms with E-state index in [0.717, 1.165) is 5.02 Å². The monoisotopic (exact) mass is 175 g/mol. The molecule has 1 rings (SSSR count). The molecule has 0 atom stereocenters. The first-order valence-electron chi connectivity index (χ1n) is 2.72. The van der Waals surface area contributed by atoms with Crippen LogP contribution in [-0.2, 0) is 0 Å². The molecule has 0 fully saturated rings. The maximum absolute atomic E-state index is 7.17. The molecular weight excluding hydrogens is 168 g/mol. The van der Waals surface area contributed by atoms with Crippen LogP contribution in [-0.4, -0.2) is 27.4 Å². The fourth-order valence-electron chi connectivity index (χ4n) is 0.334. The zero-order valence-electron chi connectivity index (χ0n) is 5.55. The number of halogens is 1. The van der Waals surface area contributed by atoms with Crippen LogP contribution in [0.2, 0.25) is 5.02 Å². The minimum absolute atomic E-state index is 0.731. The van der Waals surface area contributed by atoms with Gasteiger partial charge in [-0.2, -0.15) is 0 Å². The number of hydrogen-bond acceptors (Lipinski definition) is 4. The van der Waals surface area contributed by atoms with Gasteiger partial charge in [0.25, 0.3) is 0 Å². The van der Waals surface area contributed by atoms with Crippen LogP contribution in [0.15, 0.2) is 24.5 Å². The van der Waals surface area contributed by atoms with Crippen molar-refractivity contribution in [2.45, 2.75) is 0 Å². The SMILES string of the molecule is Clc1ccncc1.OB(O)O. The van der Waals surface area contributed by atoms with Crippen LogP contribution in [0.1, 0.15) is 0 Å². The summed E-state index contributed by atoms with van der Waals surface area (Å²) < 4.78 is 0. The summed E-state index contributed by atoms with van der Waals surface area (Å²) in [6.45, 7) is 0. The molecule has 3 N–H and O–H groups in total. The Balaban J connectivity index is 0.000000218. The van der Waals surface area contributed by atoms with Gasteiger partial charge in [0.2, 0.25) is 0 Å². The van der Waals surface area contributed by atoms with Crippen LogP contribution in [0.4, 0.5) is 0 Å². The first kappa shape index (κ1) is 10.4. The number of aromatic nitrogens is 1. The fourth-order valence-corrected chi connectivity index (χ4v) is 0.446. The van der Waals surface area contributed by atoms with Crippen LogP contribution in [0, 0.1) is 0 Å². The van der Waals surface area contributed by atoms with Gasteiger partial charge in [0, 0.05) is 17.4 Å². The molecule has 11 heavy (non-hydrogen) atoms. The van der Waals surface area contributed by atoms with Crippen LogP contribution < -0.4 is 0 Å². The minimum Gasteiger partial charge on any atom is -0.402 e. The summed E-state index contributed by atoms with van der Waals surface area (Å²) in [5, 5.41) is 22.2. The maximum Gasteiger partial charge on any atom is 0.631 e. The second-order valence-electron chi connectivity index (χ2n) is 1.51. The van der Waals surface area contributed by atoms with E-state index in [1.54, 1.807) is 24.5 Å². The van der Waals surface area contributed by atoms with Gasteiger partial charge in [-0.3, -0.25) is 4.98 Å². The molecule has 1 aromatic heterocycles. The number of pyridine rings is 1. The summed E-state index contributed by atoms with van der Waals surface area (Å²) in [5.41, 5.74) is 0. The molecule has 0 aliphatic heterocycles. The number of rotatable bonds is 0. The maximum atomic E-state index is 7.17. The second kappa shape index (κ2) is 6.12. The van der Waals surface area contributed by atoms with Gasteiger partial charge < -0.3 is 15.1 Å². The molecule has 0 unspecified atom stereocenters. The van der Waals surface area contributed by atoms with Gasteiger partial charge in [-0.25, -0.2) is 0 Å². The van der Waals surface area contributed by atoms with Crippen molar-refractivity contribution in [1.29, 1.82) is 0 Å². The largest absolute Gasteiger partial charge is 0.631 e. The molecule has 0 aromatic carbocycles. The quantitative estimate of drug-likeness (QED) is 0.473. The van der Waals surface area contributed by atoms with E-state index in [1.165, 1.54) is 0 Å². The van der Waals surface area contributed by atoms with E-state index in [-0.39, 0.29) is 0 Å². The van der Waals surface area contributed by atoms with E-state index in [1.807, 2.05) is 0 Å². The molecule has 4 nitrogen and oxygen atoms in total. The molecule has 0 radical (unpaired) electrons. The summed E-state index contributed by atoms with van der Waals surface area (Å²) in [5.74, 6) is 0. The Bertz CT molecular complexity index is 182. The van der Waals surface area contributed by atoms with Gasteiger partial charge in [0.05, 0.1) is 0 Å². The van der Waals surface area contributed by atoms with E-state index in [9.17, 15) is 0 Å². The highest BCUT2D eigenvalue weighted by molar-refractivity contribution is 6.30. The first-order valence-corrected chi connectivity index (χ1v) is 3.10. The van der Waals surface area contributed by atoms with Crippen molar-refractivity contribution in [1.82, 2.24) is 4.98 Å². The Morgan fingerprint density at radius 2 is 1.55 bits per heavy atom. The van der Waals surface area contributed by atoms with E-state index >= 15 is 0 Å². The topological polar surface area (TPSA) is 73.6 Å². The zero-order chi connectivity index (χ0) is 8.69. The summed E-state index contributed by atoms with van der Waals surface area (Å²) in [4.78, 5) is 3.76. The van der Waals surface area contributed by atoms with Gasteiger partial charge in [-0.1, -0.05) is 11.6 Å². The third-order valence-electron chi connectivity index (χ3n) is 0.640. The smallest absolute Gasteiger partial charge is 0.402 e. The van der Waals surface area contributed by atoms with Crippen molar-refractivity contribution < 1.29 is 15.1 Å². The molecule has 60 valence electrons. The molecule has 1 heterocycles. The van der Waals surface area contributed by atoms with Crippen LogP contribution in [0.25, 0.3) is 0 Å². The van der Waals surface area contributed by atoms with Crippen molar-refractivity contribution in [3.8, 4) is 0 Å². The molecule has 0 saturated heterocycles. The third kappa shape index (κ3) is 9.38. The standard InChI is InChI=1S/C5H4ClN.BH3O3/c6-5-1-3-7-4-2-5;2-1(3)4/h1-4H;2-4H. The van der Waals surface area contributed by atoms with E-state index in [4.69, 9.17) is 26.7 Å². The van der Waals surface area contributed by atoms with Crippen LogP contribution >= 0.6 is 11.6 Å². The lowest BCUT2D eigenvalue weighted by Gasteiger charge is -1.79. The van der Waals surface area contributed by atoms with Gasteiger partial charge in [-0.05, 0) is 12.1 Å². The van der Waals surface area contributed by atoms with Gasteiger partial charge in [0.1, 0.15) is 0 Å². The molecule has 0 spiro atoms. The molecule has 0 aliphatic rings. The van der Waals surface area contributed by atoms with E-state index < -0.39 is 7.32 Å². The van der Waals surface area contributed by atoms with Gasteiger partial charge >= 0.3 is 7.32 Å². The van der Waals surface area contributed by atoms with Crippen LogP contribution in [0.5, 0.6) is 0 Å². The Labute approximate surface area is 69.3 Å². The molecule has 6 heteroatoms. The number of nitrogens with zero attached hydrogens (tertiary/aromatic N) is 1. The normalized spacial score (nSPS) is 8.00. The van der Waals surface area contributed by atoms with Crippen molar-refractivity contribution in [2.75, 3.05) is 0 Å². The lowest BCUT2D eigenvalue weighted by Crippen LogP contribution is -2.07. The highest BCUT2D eigenvalue weighted by Gasteiger charge is 1.92. The summed E-state index contributed by atoms with van der Waals surface area (Å²) >= 11 is 5.50. The summed E-state index contributed by atoms with van der Waals surface area (Å²) in [7, 11) is -2.17. The van der Waals surface area contributed by atoms with Crippen molar-refractivity contribution >= 4 is 18.9 Å². The Morgan fingerprint density at radius 3 is 1.73 bits per heavy atom. The molecule has 1 aromatic rings. The second-order valence-corrected chi connectivity index (χ2v) is 1.95. The summed E-state index contributed by atoms with van der Waals surface area (Å²) in [6.07, 6.45) is 3.31.